The van der Waals surface area contributed by atoms with E-state index < -0.39 is 16.0 Å². The second-order valence-electron chi connectivity index (χ2n) is 3.77. The molecule has 0 saturated carbocycles. The summed E-state index contributed by atoms with van der Waals surface area (Å²) in [4.78, 5) is 10.3. The van der Waals surface area contributed by atoms with Gasteiger partial charge in [0, 0.05) is 12.1 Å². The molecule has 0 atom stereocenters. The zero-order valence-corrected chi connectivity index (χ0v) is 10.5. The summed E-state index contributed by atoms with van der Waals surface area (Å²) >= 11 is 0. The highest BCUT2D eigenvalue weighted by molar-refractivity contribution is 7.92. The molecule has 0 aliphatic heterocycles. The molecule has 0 bridgehead atoms. The molecule has 0 aromatic heterocycles. The zero-order valence-electron chi connectivity index (χ0n) is 9.67. The standard InChI is InChI=1S/C11H15NO5S/c13-8-9-3-5-10(6-4-9)12-18(16,17)7-1-2-11(14)15/h3-6,12-13H,1-2,7-8H2,(H,14,15). The number of carbonyl (C=O) groups is 1. The van der Waals surface area contributed by atoms with Gasteiger partial charge in [-0.1, -0.05) is 12.1 Å². The summed E-state index contributed by atoms with van der Waals surface area (Å²) in [6.45, 7) is -0.106. The molecular formula is C11H15NO5S. The van der Waals surface area contributed by atoms with E-state index in [2.05, 4.69) is 4.72 Å². The van der Waals surface area contributed by atoms with Crippen molar-refractivity contribution < 1.29 is 23.4 Å². The molecule has 1 rings (SSSR count). The van der Waals surface area contributed by atoms with Crippen LogP contribution in [0.4, 0.5) is 5.69 Å². The molecule has 18 heavy (non-hydrogen) atoms. The number of rotatable bonds is 7. The highest BCUT2D eigenvalue weighted by Crippen LogP contribution is 2.12. The SMILES string of the molecule is O=C(O)CCCS(=O)(=O)Nc1ccc(CO)cc1. The molecule has 100 valence electrons. The fourth-order valence-electron chi connectivity index (χ4n) is 1.32. The first kappa shape index (κ1) is 14.5. The Hall–Kier alpha value is -1.60. The van der Waals surface area contributed by atoms with E-state index >= 15 is 0 Å². The van der Waals surface area contributed by atoms with Crippen molar-refractivity contribution in [3.05, 3.63) is 29.8 Å². The Kier molecular flexibility index (Phi) is 5.11. The van der Waals surface area contributed by atoms with Crippen molar-refractivity contribution in [1.29, 1.82) is 0 Å². The van der Waals surface area contributed by atoms with Gasteiger partial charge in [0.1, 0.15) is 0 Å². The normalized spacial score (nSPS) is 11.2. The number of nitrogens with one attached hydrogen (secondary N) is 1. The van der Waals surface area contributed by atoms with Crippen molar-refractivity contribution in [2.45, 2.75) is 19.4 Å². The molecule has 0 heterocycles. The summed E-state index contributed by atoms with van der Waals surface area (Å²) < 4.78 is 25.5. The van der Waals surface area contributed by atoms with Crippen LogP contribution in [0.1, 0.15) is 18.4 Å². The summed E-state index contributed by atoms with van der Waals surface area (Å²) in [5, 5.41) is 17.3. The van der Waals surface area contributed by atoms with Gasteiger partial charge < -0.3 is 10.2 Å². The van der Waals surface area contributed by atoms with E-state index in [1.54, 1.807) is 24.3 Å². The van der Waals surface area contributed by atoms with Gasteiger partial charge in [0.2, 0.25) is 10.0 Å². The van der Waals surface area contributed by atoms with E-state index in [-0.39, 0.29) is 25.2 Å². The van der Waals surface area contributed by atoms with E-state index in [1.807, 2.05) is 0 Å². The minimum absolute atomic E-state index is 0.0688. The number of aliphatic hydroxyl groups is 1. The fraction of sp³-hybridized carbons (Fsp3) is 0.364. The maximum Gasteiger partial charge on any atom is 0.303 e. The molecule has 6 nitrogen and oxygen atoms in total. The Labute approximate surface area is 105 Å². The Morgan fingerprint density at radius 3 is 2.33 bits per heavy atom. The van der Waals surface area contributed by atoms with Gasteiger partial charge in [-0.2, -0.15) is 0 Å². The summed E-state index contributed by atoms with van der Waals surface area (Å²) in [5.41, 5.74) is 1.08. The quantitative estimate of drug-likeness (QED) is 0.681. The van der Waals surface area contributed by atoms with Crippen LogP contribution in [-0.2, 0) is 21.4 Å². The summed E-state index contributed by atoms with van der Waals surface area (Å²) in [6, 6.07) is 6.30. The van der Waals surface area contributed by atoms with Crippen LogP contribution in [0.5, 0.6) is 0 Å². The topological polar surface area (TPSA) is 104 Å². The van der Waals surface area contributed by atoms with Crippen LogP contribution >= 0.6 is 0 Å². The number of benzene rings is 1. The Bertz CT molecular complexity index is 495. The average Bonchev–Trinajstić information content (AvgIpc) is 2.28. The van der Waals surface area contributed by atoms with Gasteiger partial charge in [-0.25, -0.2) is 8.42 Å². The number of hydrogen-bond acceptors (Lipinski definition) is 4. The van der Waals surface area contributed by atoms with E-state index in [9.17, 15) is 13.2 Å². The third kappa shape index (κ3) is 5.15. The molecular weight excluding hydrogens is 258 g/mol. The minimum atomic E-state index is -3.53. The van der Waals surface area contributed by atoms with Gasteiger partial charge >= 0.3 is 5.97 Å². The van der Waals surface area contributed by atoms with Crippen LogP contribution in [0.25, 0.3) is 0 Å². The predicted molar refractivity (Wildman–Crippen MR) is 66.6 cm³/mol. The lowest BCUT2D eigenvalue weighted by atomic mass is 10.2. The van der Waals surface area contributed by atoms with Crippen LogP contribution in [0.3, 0.4) is 0 Å². The number of aliphatic carboxylic acids is 1. The first-order chi connectivity index (χ1) is 8.43. The smallest absolute Gasteiger partial charge is 0.303 e. The lowest BCUT2D eigenvalue weighted by Gasteiger charge is -2.07. The van der Waals surface area contributed by atoms with Gasteiger partial charge in [0.15, 0.2) is 0 Å². The first-order valence-corrected chi connectivity index (χ1v) is 7.00. The molecule has 0 radical (unpaired) electrons. The van der Waals surface area contributed by atoms with Gasteiger partial charge in [-0.05, 0) is 24.1 Å². The summed E-state index contributed by atoms with van der Waals surface area (Å²) in [5.74, 6) is -1.25. The van der Waals surface area contributed by atoms with Crippen LogP contribution < -0.4 is 4.72 Å². The second-order valence-corrected chi connectivity index (χ2v) is 5.62. The second kappa shape index (κ2) is 6.36. The van der Waals surface area contributed by atoms with Crippen molar-refractivity contribution in [3.8, 4) is 0 Å². The monoisotopic (exact) mass is 273 g/mol. The molecule has 0 amide bonds. The molecule has 0 unspecified atom stereocenters. The molecule has 0 aliphatic carbocycles. The molecule has 0 fully saturated rings. The van der Waals surface area contributed by atoms with Crippen molar-refractivity contribution >= 4 is 21.7 Å². The largest absolute Gasteiger partial charge is 0.481 e. The highest BCUT2D eigenvalue weighted by atomic mass is 32.2. The van der Waals surface area contributed by atoms with E-state index in [0.717, 1.165) is 0 Å². The van der Waals surface area contributed by atoms with Gasteiger partial charge in [-0.3, -0.25) is 9.52 Å². The Balaban J connectivity index is 2.56. The fourth-order valence-corrected chi connectivity index (χ4v) is 2.44. The lowest BCUT2D eigenvalue weighted by Crippen LogP contribution is -2.17. The van der Waals surface area contributed by atoms with Gasteiger partial charge in [-0.15, -0.1) is 0 Å². The van der Waals surface area contributed by atoms with Gasteiger partial charge in [0.25, 0.3) is 0 Å². The Morgan fingerprint density at radius 2 is 1.83 bits per heavy atom. The molecule has 1 aromatic rings. The van der Waals surface area contributed by atoms with E-state index in [0.29, 0.717) is 11.3 Å². The third-order valence-corrected chi connectivity index (χ3v) is 3.59. The molecule has 0 aliphatic rings. The van der Waals surface area contributed by atoms with E-state index in [4.69, 9.17) is 10.2 Å². The summed E-state index contributed by atoms with van der Waals surface area (Å²) in [7, 11) is -3.53. The van der Waals surface area contributed by atoms with Crippen LogP contribution in [0.2, 0.25) is 0 Å². The minimum Gasteiger partial charge on any atom is -0.481 e. The molecule has 0 spiro atoms. The number of carboxylic acids is 1. The van der Waals surface area contributed by atoms with Crippen molar-refractivity contribution in [2.75, 3.05) is 10.5 Å². The van der Waals surface area contributed by atoms with Crippen LogP contribution in [0.15, 0.2) is 24.3 Å². The third-order valence-electron chi connectivity index (χ3n) is 2.21. The molecule has 1 aromatic carbocycles. The lowest BCUT2D eigenvalue weighted by molar-refractivity contribution is -0.137. The highest BCUT2D eigenvalue weighted by Gasteiger charge is 2.11. The van der Waals surface area contributed by atoms with Crippen molar-refractivity contribution in [1.82, 2.24) is 0 Å². The number of carboxylic acid groups (broad SMARTS) is 1. The first-order valence-electron chi connectivity index (χ1n) is 5.35. The average molecular weight is 273 g/mol. The molecule has 3 N–H and O–H groups in total. The Morgan fingerprint density at radius 1 is 1.22 bits per heavy atom. The van der Waals surface area contributed by atoms with Crippen molar-refractivity contribution in [3.63, 3.8) is 0 Å². The maximum absolute atomic E-state index is 11.6. The zero-order chi connectivity index (χ0) is 13.6. The van der Waals surface area contributed by atoms with Crippen LogP contribution in [0, 0.1) is 0 Å². The van der Waals surface area contributed by atoms with Crippen molar-refractivity contribution in [2.24, 2.45) is 0 Å². The number of sulfonamides is 1. The predicted octanol–water partition coefficient (Wildman–Crippen LogP) is 0.785. The molecule has 0 saturated heterocycles. The van der Waals surface area contributed by atoms with E-state index in [1.165, 1.54) is 0 Å². The number of aliphatic hydroxyl groups excluding tert-OH is 1. The molecule has 7 heteroatoms. The van der Waals surface area contributed by atoms with Gasteiger partial charge in [0.05, 0.1) is 12.4 Å². The summed E-state index contributed by atoms with van der Waals surface area (Å²) in [6.07, 6.45) is -0.107. The number of anilines is 1. The van der Waals surface area contributed by atoms with Crippen LogP contribution in [-0.4, -0.2) is 30.4 Å². The number of hydrogen-bond donors (Lipinski definition) is 3. The maximum atomic E-state index is 11.6.